The molecular weight excluding hydrogens is 412 g/mol. The average molecular weight is 435 g/mol. The van der Waals surface area contributed by atoms with Crippen LogP contribution in [0.1, 0.15) is 31.0 Å². The normalized spacial score (nSPS) is 16.0. The van der Waals surface area contributed by atoms with Gasteiger partial charge in [-0.25, -0.2) is 4.99 Å². The van der Waals surface area contributed by atoms with E-state index < -0.39 is 6.04 Å². The Hall–Kier alpha value is -3.45. The Bertz CT molecular complexity index is 1360. The Kier molecular flexibility index (Phi) is 5.61. The molecule has 0 bridgehead atoms. The summed E-state index contributed by atoms with van der Waals surface area (Å²) in [6, 6.07) is 14.4. The average Bonchev–Trinajstić information content (AvgIpc) is 3.07. The number of ketones is 1. The van der Waals surface area contributed by atoms with Gasteiger partial charge in [0.05, 0.1) is 24.8 Å². The van der Waals surface area contributed by atoms with Crippen molar-refractivity contribution in [2.45, 2.75) is 19.9 Å². The zero-order valence-electron chi connectivity index (χ0n) is 17.7. The summed E-state index contributed by atoms with van der Waals surface area (Å²) in [5.74, 6) is 1.32. The molecule has 1 atom stereocenters. The first-order valence-corrected chi connectivity index (χ1v) is 10.6. The molecule has 0 N–H and O–H groups in total. The fraction of sp³-hybridized carbons (Fsp3) is 0.208. The molecule has 1 aliphatic heterocycles. The maximum Gasteiger partial charge on any atom is 0.271 e. The number of fused-ring (bicyclic) bond motifs is 1. The largest absolute Gasteiger partial charge is 0.497 e. The van der Waals surface area contributed by atoms with Crippen LogP contribution in [0.25, 0.3) is 6.08 Å². The third-order valence-electron chi connectivity index (χ3n) is 5.22. The fourth-order valence-corrected chi connectivity index (χ4v) is 4.80. The number of thiazole rings is 1. The summed E-state index contributed by atoms with van der Waals surface area (Å²) in [7, 11) is 3.20. The van der Waals surface area contributed by atoms with Crippen LogP contribution in [0.4, 0.5) is 0 Å². The number of rotatable bonds is 5. The quantitative estimate of drug-likeness (QED) is 0.619. The Morgan fingerprint density at radius 3 is 2.45 bits per heavy atom. The molecule has 0 amide bonds. The maximum absolute atomic E-state index is 13.4. The molecule has 2 aromatic carbocycles. The summed E-state index contributed by atoms with van der Waals surface area (Å²) >= 11 is 1.31. The van der Waals surface area contributed by atoms with Crippen molar-refractivity contribution in [3.63, 3.8) is 0 Å². The summed E-state index contributed by atoms with van der Waals surface area (Å²) in [5.41, 5.74) is 2.65. The monoisotopic (exact) mass is 434 g/mol. The molecule has 7 heteroatoms. The molecule has 4 rings (SSSR count). The predicted molar refractivity (Wildman–Crippen MR) is 120 cm³/mol. The van der Waals surface area contributed by atoms with E-state index in [0.29, 0.717) is 32.1 Å². The minimum atomic E-state index is -0.535. The number of carbonyl (C=O) groups excluding carboxylic acids is 1. The van der Waals surface area contributed by atoms with Gasteiger partial charge in [-0.15, -0.1) is 0 Å². The van der Waals surface area contributed by atoms with Gasteiger partial charge in [0.25, 0.3) is 5.56 Å². The fourth-order valence-electron chi connectivity index (χ4n) is 3.75. The summed E-state index contributed by atoms with van der Waals surface area (Å²) in [6.45, 7) is 3.32. The summed E-state index contributed by atoms with van der Waals surface area (Å²) in [5, 5.41) is 0. The summed E-state index contributed by atoms with van der Waals surface area (Å²) in [6.07, 6.45) is 1.82. The van der Waals surface area contributed by atoms with Crippen LogP contribution in [0.2, 0.25) is 0 Å². The number of carbonyl (C=O) groups is 1. The molecule has 158 valence electrons. The van der Waals surface area contributed by atoms with Crippen molar-refractivity contribution in [1.82, 2.24) is 4.57 Å². The molecular formula is C24H22N2O4S. The number of nitrogens with zero attached hydrogens (tertiary/aromatic N) is 2. The van der Waals surface area contributed by atoms with Crippen molar-refractivity contribution in [2.24, 2.45) is 4.99 Å². The number of ether oxygens (including phenoxy) is 2. The summed E-state index contributed by atoms with van der Waals surface area (Å²) < 4.78 is 12.7. The smallest absolute Gasteiger partial charge is 0.271 e. The van der Waals surface area contributed by atoms with Crippen molar-refractivity contribution in [1.29, 1.82) is 0 Å². The van der Waals surface area contributed by atoms with Gasteiger partial charge >= 0.3 is 0 Å². The van der Waals surface area contributed by atoms with Crippen LogP contribution in [0, 0.1) is 0 Å². The summed E-state index contributed by atoms with van der Waals surface area (Å²) in [4.78, 5) is 31.1. The van der Waals surface area contributed by atoms with Crippen LogP contribution in [-0.2, 0) is 4.79 Å². The van der Waals surface area contributed by atoms with Crippen LogP contribution >= 0.6 is 11.3 Å². The number of hydrogen-bond acceptors (Lipinski definition) is 6. The third-order valence-corrected chi connectivity index (χ3v) is 6.21. The third kappa shape index (κ3) is 3.84. The van der Waals surface area contributed by atoms with E-state index in [1.54, 1.807) is 18.8 Å². The van der Waals surface area contributed by atoms with Crippen LogP contribution in [-0.4, -0.2) is 24.6 Å². The van der Waals surface area contributed by atoms with Crippen molar-refractivity contribution in [3.05, 3.63) is 90.6 Å². The van der Waals surface area contributed by atoms with Gasteiger partial charge in [-0.1, -0.05) is 35.6 Å². The van der Waals surface area contributed by atoms with Crippen LogP contribution in [0.3, 0.4) is 0 Å². The highest BCUT2D eigenvalue weighted by Crippen LogP contribution is 2.31. The van der Waals surface area contributed by atoms with Gasteiger partial charge in [-0.2, -0.15) is 0 Å². The maximum atomic E-state index is 13.4. The Morgan fingerprint density at radius 1 is 1.10 bits per heavy atom. The van der Waals surface area contributed by atoms with E-state index in [-0.39, 0.29) is 11.3 Å². The first-order chi connectivity index (χ1) is 14.9. The number of Topliss-reactive ketones (excluding diaryl/α,β-unsaturated/α-hetero) is 1. The minimum Gasteiger partial charge on any atom is -0.497 e. The van der Waals surface area contributed by atoms with E-state index in [1.165, 1.54) is 18.3 Å². The van der Waals surface area contributed by atoms with Crippen molar-refractivity contribution in [3.8, 4) is 11.5 Å². The second-order valence-corrected chi connectivity index (χ2v) is 8.20. The molecule has 0 saturated heterocycles. The lowest BCUT2D eigenvalue weighted by Crippen LogP contribution is -2.39. The van der Waals surface area contributed by atoms with Gasteiger partial charge < -0.3 is 9.47 Å². The highest BCUT2D eigenvalue weighted by atomic mass is 32.1. The first-order valence-electron chi connectivity index (χ1n) is 9.74. The van der Waals surface area contributed by atoms with Crippen molar-refractivity contribution < 1.29 is 14.3 Å². The van der Waals surface area contributed by atoms with Gasteiger partial charge in [0.15, 0.2) is 10.6 Å². The molecule has 0 radical (unpaired) electrons. The molecule has 2 heterocycles. The lowest BCUT2D eigenvalue weighted by molar-refractivity contribution is -0.114. The van der Waals surface area contributed by atoms with E-state index in [1.807, 2.05) is 61.5 Å². The first kappa shape index (κ1) is 20.8. The Balaban J connectivity index is 1.94. The standard InChI is InChI=1S/C24H22N2O4S/c1-14-21(15(2)27)22(17-8-10-18(29-3)11-9-17)26-23(28)20(31-24(26)25-14)13-16-6-5-7-19(12-16)30-4/h5-13,22H,1-4H3/b20-13+/t22-/m1/s1. The van der Waals surface area contributed by atoms with E-state index in [2.05, 4.69) is 4.99 Å². The van der Waals surface area contributed by atoms with Crippen molar-refractivity contribution in [2.75, 3.05) is 14.2 Å². The molecule has 0 unspecified atom stereocenters. The highest BCUT2D eigenvalue weighted by Gasteiger charge is 2.30. The van der Waals surface area contributed by atoms with Crippen LogP contribution < -0.4 is 24.4 Å². The number of aromatic nitrogens is 1. The van der Waals surface area contributed by atoms with E-state index in [0.717, 1.165) is 11.1 Å². The van der Waals surface area contributed by atoms with E-state index in [4.69, 9.17) is 9.47 Å². The SMILES string of the molecule is COc1ccc([C@@H]2C(C(C)=O)=C(C)N=c3s/c(=C/c4cccc(OC)c4)c(=O)n32)cc1. The van der Waals surface area contributed by atoms with Crippen LogP contribution in [0.15, 0.2) is 69.6 Å². The minimum absolute atomic E-state index is 0.107. The lowest BCUT2D eigenvalue weighted by atomic mass is 9.93. The second kappa shape index (κ2) is 8.35. The molecule has 1 aromatic heterocycles. The van der Waals surface area contributed by atoms with Gasteiger partial charge in [-0.05, 0) is 55.3 Å². The van der Waals surface area contributed by atoms with Gasteiger partial charge in [0, 0.05) is 11.3 Å². The zero-order chi connectivity index (χ0) is 22.1. The second-order valence-electron chi connectivity index (χ2n) is 7.19. The van der Waals surface area contributed by atoms with Crippen molar-refractivity contribution >= 4 is 23.2 Å². The molecule has 3 aromatic rings. The molecule has 0 aliphatic carbocycles. The molecule has 31 heavy (non-hydrogen) atoms. The molecule has 0 saturated carbocycles. The topological polar surface area (TPSA) is 69.9 Å². The number of benzene rings is 2. The van der Waals surface area contributed by atoms with Gasteiger partial charge in [0.1, 0.15) is 11.5 Å². The van der Waals surface area contributed by atoms with Gasteiger partial charge in [-0.3, -0.25) is 14.2 Å². The molecule has 6 nitrogen and oxygen atoms in total. The highest BCUT2D eigenvalue weighted by molar-refractivity contribution is 7.07. The van der Waals surface area contributed by atoms with Crippen LogP contribution in [0.5, 0.6) is 11.5 Å². The van der Waals surface area contributed by atoms with E-state index in [9.17, 15) is 9.59 Å². The number of methoxy groups -OCH3 is 2. The molecule has 0 fully saturated rings. The zero-order valence-corrected chi connectivity index (χ0v) is 18.5. The Morgan fingerprint density at radius 2 is 1.81 bits per heavy atom. The lowest BCUT2D eigenvalue weighted by Gasteiger charge is -2.24. The molecule has 1 aliphatic rings. The Labute approximate surface area is 183 Å². The van der Waals surface area contributed by atoms with Gasteiger partial charge in [0.2, 0.25) is 0 Å². The van der Waals surface area contributed by atoms with E-state index >= 15 is 0 Å². The number of hydrogen-bond donors (Lipinski definition) is 0. The number of allylic oxidation sites excluding steroid dienone is 2. The predicted octanol–water partition coefficient (Wildman–Crippen LogP) is 2.84. The molecule has 0 spiro atoms.